The molecule has 27 heavy (non-hydrogen) atoms. The second kappa shape index (κ2) is 8.22. The van der Waals surface area contributed by atoms with E-state index in [0.717, 1.165) is 40.6 Å². The van der Waals surface area contributed by atoms with Crippen LogP contribution in [-0.2, 0) is 17.8 Å². The van der Waals surface area contributed by atoms with Crippen LogP contribution < -0.4 is 5.32 Å². The fourth-order valence-electron chi connectivity index (χ4n) is 3.64. The monoisotopic (exact) mass is 376 g/mol. The maximum absolute atomic E-state index is 12.3. The Morgan fingerprint density at radius 2 is 1.78 bits per heavy atom. The number of aliphatic hydroxyl groups excluding tert-OH is 1. The van der Waals surface area contributed by atoms with Crippen LogP contribution in [-0.4, -0.2) is 51.5 Å². The fourth-order valence-corrected chi connectivity index (χ4v) is 3.64. The van der Waals surface area contributed by atoms with Crippen LogP contribution in [0.1, 0.15) is 46.9 Å². The molecule has 3 heterocycles. The number of piperidine rings is 1. The number of likely N-dealkylation sites (tertiary alicyclic amines) is 1. The van der Waals surface area contributed by atoms with Gasteiger partial charge in [0.25, 0.3) is 0 Å². The number of nitrogens with zero attached hydrogens (tertiary/aromatic N) is 3. The summed E-state index contributed by atoms with van der Waals surface area (Å²) in [5, 5.41) is 21.3. The number of aryl methyl sites for hydroxylation is 4. The van der Waals surface area contributed by atoms with Crippen molar-refractivity contribution in [1.29, 1.82) is 0 Å². The molecule has 0 aromatic carbocycles. The summed E-state index contributed by atoms with van der Waals surface area (Å²) in [4.78, 5) is 14.5. The summed E-state index contributed by atoms with van der Waals surface area (Å²) in [7, 11) is 0. The van der Waals surface area contributed by atoms with Gasteiger partial charge in [0.05, 0.1) is 23.5 Å². The minimum Gasteiger partial charge on any atom is -0.390 e. The van der Waals surface area contributed by atoms with Crippen LogP contribution in [0.15, 0.2) is 9.05 Å². The molecular weight excluding hydrogens is 348 g/mol. The number of carbonyl (C=O) groups is 1. The van der Waals surface area contributed by atoms with E-state index < -0.39 is 6.10 Å². The van der Waals surface area contributed by atoms with Gasteiger partial charge in [-0.1, -0.05) is 10.3 Å². The minimum absolute atomic E-state index is 0.0572. The number of hydrogen-bond donors (Lipinski definition) is 2. The van der Waals surface area contributed by atoms with E-state index in [-0.39, 0.29) is 11.9 Å². The maximum atomic E-state index is 12.3. The number of hydrogen-bond acceptors (Lipinski definition) is 7. The second-order valence-corrected chi connectivity index (χ2v) is 7.37. The van der Waals surface area contributed by atoms with Crippen molar-refractivity contribution in [2.75, 3.05) is 13.1 Å². The lowest BCUT2D eigenvalue weighted by Gasteiger charge is -2.36. The Kier molecular flexibility index (Phi) is 5.96. The van der Waals surface area contributed by atoms with E-state index in [9.17, 15) is 9.90 Å². The standard InChI is InChI=1S/C19H28N4O4/c1-11-15(13(3)26-21-11)5-6-19(25)20-17-7-8-23(10-18(17)24)9-16-12(2)22-27-14(16)4/h17-18,24H,5-10H2,1-4H3,(H,20,25)/t17-,18-/m1/s1. The number of aliphatic hydroxyl groups is 1. The number of carbonyl (C=O) groups excluding carboxylic acids is 1. The molecule has 148 valence electrons. The number of β-amino-alcohol motifs (C(OH)–C–C–N with tert-alkyl or cyclic N) is 1. The molecule has 2 aromatic rings. The van der Waals surface area contributed by atoms with Gasteiger partial charge in [-0.05, 0) is 40.5 Å². The quantitative estimate of drug-likeness (QED) is 0.788. The van der Waals surface area contributed by atoms with Gasteiger partial charge in [0.2, 0.25) is 5.91 Å². The Morgan fingerprint density at radius 3 is 2.33 bits per heavy atom. The van der Waals surface area contributed by atoms with Gasteiger partial charge in [-0.2, -0.15) is 0 Å². The van der Waals surface area contributed by atoms with Gasteiger partial charge < -0.3 is 19.5 Å². The molecule has 1 fully saturated rings. The molecule has 8 heteroatoms. The zero-order chi connectivity index (χ0) is 19.6. The molecule has 0 saturated carbocycles. The number of amides is 1. The van der Waals surface area contributed by atoms with Gasteiger partial charge in [0.1, 0.15) is 11.5 Å². The number of rotatable bonds is 6. The molecular formula is C19H28N4O4. The van der Waals surface area contributed by atoms with E-state index in [1.54, 1.807) is 0 Å². The van der Waals surface area contributed by atoms with Gasteiger partial charge in [-0.15, -0.1) is 0 Å². The van der Waals surface area contributed by atoms with E-state index in [0.29, 0.717) is 32.4 Å². The third-order valence-electron chi connectivity index (χ3n) is 5.36. The fraction of sp³-hybridized carbons (Fsp3) is 0.632. The van der Waals surface area contributed by atoms with Crippen molar-refractivity contribution in [2.45, 2.75) is 65.6 Å². The van der Waals surface area contributed by atoms with Crippen LogP contribution in [0.2, 0.25) is 0 Å². The largest absolute Gasteiger partial charge is 0.390 e. The SMILES string of the molecule is Cc1noc(C)c1CCC(=O)N[C@@H]1CCN(Cc2c(C)noc2C)C[C@H]1O. The van der Waals surface area contributed by atoms with E-state index in [1.165, 1.54) is 0 Å². The summed E-state index contributed by atoms with van der Waals surface area (Å²) in [6.07, 6.45) is 1.06. The highest BCUT2D eigenvalue weighted by molar-refractivity contribution is 5.76. The first-order valence-corrected chi connectivity index (χ1v) is 9.38. The van der Waals surface area contributed by atoms with E-state index in [4.69, 9.17) is 9.05 Å². The van der Waals surface area contributed by atoms with E-state index in [1.807, 2.05) is 27.7 Å². The zero-order valence-corrected chi connectivity index (χ0v) is 16.4. The zero-order valence-electron chi connectivity index (χ0n) is 16.4. The van der Waals surface area contributed by atoms with E-state index in [2.05, 4.69) is 20.5 Å². The molecule has 0 bridgehead atoms. The minimum atomic E-state index is -0.595. The third-order valence-corrected chi connectivity index (χ3v) is 5.36. The predicted octanol–water partition coefficient (Wildman–Crippen LogP) is 1.58. The van der Waals surface area contributed by atoms with Gasteiger partial charge in [-0.25, -0.2) is 0 Å². The van der Waals surface area contributed by atoms with Crippen LogP contribution >= 0.6 is 0 Å². The summed E-state index contributed by atoms with van der Waals surface area (Å²) >= 11 is 0. The highest BCUT2D eigenvalue weighted by atomic mass is 16.5. The van der Waals surface area contributed by atoms with E-state index >= 15 is 0 Å². The summed E-state index contributed by atoms with van der Waals surface area (Å²) in [6.45, 7) is 9.57. The van der Waals surface area contributed by atoms with Crippen LogP contribution in [0.3, 0.4) is 0 Å². The molecule has 2 N–H and O–H groups in total. The topological polar surface area (TPSA) is 105 Å². The highest BCUT2D eigenvalue weighted by Crippen LogP contribution is 2.19. The van der Waals surface area contributed by atoms with Crippen molar-refractivity contribution in [3.63, 3.8) is 0 Å². The van der Waals surface area contributed by atoms with Crippen molar-refractivity contribution >= 4 is 5.91 Å². The molecule has 1 saturated heterocycles. The number of nitrogens with one attached hydrogen (secondary N) is 1. The van der Waals surface area contributed by atoms with Gasteiger partial charge in [-0.3, -0.25) is 9.69 Å². The molecule has 2 atom stereocenters. The molecule has 0 radical (unpaired) electrons. The predicted molar refractivity (Wildman–Crippen MR) is 98.1 cm³/mol. The van der Waals surface area contributed by atoms with Gasteiger partial charge in [0.15, 0.2) is 0 Å². The van der Waals surface area contributed by atoms with Crippen molar-refractivity contribution in [3.8, 4) is 0 Å². The molecule has 1 aliphatic heterocycles. The van der Waals surface area contributed by atoms with Crippen molar-refractivity contribution in [1.82, 2.24) is 20.5 Å². The lowest BCUT2D eigenvalue weighted by molar-refractivity contribution is -0.123. The lowest BCUT2D eigenvalue weighted by atomic mass is 10.00. The van der Waals surface area contributed by atoms with Crippen LogP contribution in [0.25, 0.3) is 0 Å². The summed E-state index contributed by atoms with van der Waals surface area (Å²) in [5.74, 6) is 1.52. The Balaban J connectivity index is 1.47. The molecule has 2 aromatic heterocycles. The smallest absolute Gasteiger partial charge is 0.220 e. The Hall–Kier alpha value is -2.19. The summed E-state index contributed by atoms with van der Waals surface area (Å²) in [5.41, 5.74) is 3.77. The lowest BCUT2D eigenvalue weighted by Crippen LogP contribution is -2.53. The van der Waals surface area contributed by atoms with Crippen LogP contribution in [0.5, 0.6) is 0 Å². The van der Waals surface area contributed by atoms with Crippen molar-refractivity contribution in [2.24, 2.45) is 0 Å². The Labute approximate surface area is 158 Å². The van der Waals surface area contributed by atoms with Gasteiger partial charge in [0, 0.05) is 37.2 Å². The molecule has 1 aliphatic rings. The summed E-state index contributed by atoms with van der Waals surface area (Å²) < 4.78 is 10.3. The molecule has 3 rings (SSSR count). The van der Waals surface area contributed by atoms with Crippen LogP contribution in [0, 0.1) is 27.7 Å². The van der Waals surface area contributed by atoms with Crippen molar-refractivity contribution in [3.05, 3.63) is 34.0 Å². The van der Waals surface area contributed by atoms with Gasteiger partial charge >= 0.3 is 0 Å². The molecule has 0 unspecified atom stereocenters. The second-order valence-electron chi connectivity index (χ2n) is 7.37. The highest BCUT2D eigenvalue weighted by Gasteiger charge is 2.29. The normalized spacial score (nSPS) is 20.8. The first kappa shape index (κ1) is 19.6. The molecule has 0 aliphatic carbocycles. The number of aromatic nitrogens is 2. The van der Waals surface area contributed by atoms with Crippen molar-refractivity contribution < 1.29 is 18.9 Å². The third kappa shape index (κ3) is 4.56. The Bertz CT molecular complexity index is 759. The first-order valence-electron chi connectivity index (χ1n) is 9.38. The average molecular weight is 376 g/mol. The molecule has 8 nitrogen and oxygen atoms in total. The maximum Gasteiger partial charge on any atom is 0.220 e. The molecule has 0 spiro atoms. The average Bonchev–Trinajstić information content (AvgIpc) is 3.11. The Morgan fingerprint density at radius 1 is 1.15 bits per heavy atom. The first-order chi connectivity index (χ1) is 12.8. The van der Waals surface area contributed by atoms with Crippen LogP contribution in [0.4, 0.5) is 0 Å². The summed E-state index contributed by atoms with van der Waals surface area (Å²) in [6, 6.07) is -0.219. The molecule has 1 amide bonds.